The van der Waals surface area contributed by atoms with Crippen molar-refractivity contribution in [1.82, 2.24) is 20.3 Å². The van der Waals surface area contributed by atoms with Gasteiger partial charge in [-0.25, -0.2) is 0 Å². The van der Waals surface area contributed by atoms with E-state index < -0.39 is 23.7 Å². The zero-order chi connectivity index (χ0) is 23.7. The highest BCUT2D eigenvalue weighted by Crippen LogP contribution is 2.36. The third kappa shape index (κ3) is 4.17. The Hall–Kier alpha value is -4.33. The van der Waals surface area contributed by atoms with Crippen molar-refractivity contribution in [1.29, 1.82) is 0 Å². The number of carbonyl (C=O) groups excluding carboxylic acids is 1. The monoisotopic (exact) mass is 458 g/mol. The molecule has 168 valence electrons. The maximum atomic E-state index is 13.8. The molecule has 1 atom stereocenters. The van der Waals surface area contributed by atoms with E-state index in [2.05, 4.69) is 20.3 Å². The number of alkyl halides is 3. The van der Waals surface area contributed by atoms with E-state index in [1.807, 2.05) is 24.3 Å². The molecule has 34 heavy (non-hydrogen) atoms. The Bertz CT molecular complexity index is 1520. The molecule has 0 spiro atoms. The Morgan fingerprint density at radius 1 is 0.794 bits per heavy atom. The quantitative estimate of drug-likeness (QED) is 0.374. The normalized spacial score (nSPS) is 12.6. The van der Waals surface area contributed by atoms with Crippen LogP contribution in [0.4, 0.5) is 13.2 Å². The molecule has 3 aromatic heterocycles. The van der Waals surface area contributed by atoms with Crippen LogP contribution in [0.15, 0.2) is 91.4 Å². The summed E-state index contributed by atoms with van der Waals surface area (Å²) in [6.07, 6.45) is -0.303. The number of halogens is 3. The van der Waals surface area contributed by atoms with E-state index in [1.165, 1.54) is 18.5 Å². The molecule has 5 aromatic rings. The van der Waals surface area contributed by atoms with Gasteiger partial charge in [0.15, 0.2) is 0 Å². The van der Waals surface area contributed by atoms with Gasteiger partial charge in [0.1, 0.15) is 0 Å². The average molecular weight is 458 g/mol. The number of rotatable bonds is 4. The Morgan fingerprint density at radius 3 is 2.41 bits per heavy atom. The average Bonchev–Trinajstić information content (AvgIpc) is 2.86. The Balaban J connectivity index is 1.61. The van der Waals surface area contributed by atoms with Crippen LogP contribution >= 0.6 is 0 Å². The molecular formula is C26H17F3N4O. The van der Waals surface area contributed by atoms with E-state index in [-0.39, 0.29) is 11.3 Å². The molecule has 0 saturated carbocycles. The van der Waals surface area contributed by atoms with Gasteiger partial charge in [0.05, 0.1) is 28.3 Å². The number of para-hydroxylation sites is 1. The van der Waals surface area contributed by atoms with E-state index >= 15 is 0 Å². The minimum Gasteiger partial charge on any atom is -0.339 e. The summed E-state index contributed by atoms with van der Waals surface area (Å²) in [5, 5.41) is 4.32. The highest BCUT2D eigenvalue weighted by atomic mass is 19.4. The highest BCUT2D eigenvalue weighted by molar-refractivity contribution is 5.98. The van der Waals surface area contributed by atoms with Gasteiger partial charge in [-0.3, -0.25) is 19.7 Å². The van der Waals surface area contributed by atoms with Crippen LogP contribution < -0.4 is 5.32 Å². The fraction of sp³-hybridized carbons (Fsp3) is 0.0769. The van der Waals surface area contributed by atoms with Gasteiger partial charge in [0, 0.05) is 34.9 Å². The van der Waals surface area contributed by atoms with Gasteiger partial charge < -0.3 is 5.32 Å². The number of benzene rings is 2. The molecule has 0 fully saturated rings. The summed E-state index contributed by atoms with van der Waals surface area (Å²) < 4.78 is 41.5. The second kappa shape index (κ2) is 8.55. The first-order valence-corrected chi connectivity index (χ1v) is 10.4. The Morgan fingerprint density at radius 2 is 1.56 bits per heavy atom. The van der Waals surface area contributed by atoms with Crippen LogP contribution in [0.1, 0.15) is 33.2 Å². The molecule has 1 unspecified atom stereocenters. The van der Waals surface area contributed by atoms with Crippen molar-refractivity contribution in [2.75, 3.05) is 0 Å². The van der Waals surface area contributed by atoms with Crippen LogP contribution in [-0.4, -0.2) is 20.9 Å². The number of pyridine rings is 3. The van der Waals surface area contributed by atoms with Crippen molar-refractivity contribution in [3.8, 4) is 0 Å². The first-order chi connectivity index (χ1) is 16.4. The topological polar surface area (TPSA) is 67.8 Å². The summed E-state index contributed by atoms with van der Waals surface area (Å²) in [4.78, 5) is 25.8. The Kier molecular flexibility index (Phi) is 5.41. The van der Waals surface area contributed by atoms with Gasteiger partial charge in [-0.15, -0.1) is 0 Å². The van der Waals surface area contributed by atoms with Crippen molar-refractivity contribution in [2.24, 2.45) is 0 Å². The van der Waals surface area contributed by atoms with Gasteiger partial charge in [0.2, 0.25) is 0 Å². The van der Waals surface area contributed by atoms with Crippen molar-refractivity contribution in [2.45, 2.75) is 12.2 Å². The number of hydrogen-bond donors (Lipinski definition) is 1. The van der Waals surface area contributed by atoms with Gasteiger partial charge in [0.25, 0.3) is 5.91 Å². The third-order valence-corrected chi connectivity index (χ3v) is 5.51. The number of aromatic nitrogens is 3. The predicted octanol–water partition coefficient (Wildman–Crippen LogP) is 5.72. The molecule has 0 radical (unpaired) electrons. The molecule has 5 rings (SSSR count). The largest absolute Gasteiger partial charge is 0.418 e. The zero-order valence-electron chi connectivity index (χ0n) is 17.6. The summed E-state index contributed by atoms with van der Waals surface area (Å²) in [6, 6.07) is 18.5. The van der Waals surface area contributed by atoms with Crippen molar-refractivity contribution >= 4 is 27.7 Å². The maximum absolute atomic E-state index is 13.8. The number of nitrogens with one attached hydrogen (secondary N) is 1. The lowest BCUT2D eigenvalue weighted by Crippen LogP contribution is -2.31. The van der Waals surface area contributed by atoms with Crippen LogP contribution in [0.25, 0.3) is 21.8 Å². The molecule has 8 heteroatoms. The molecule has 3 heterocycles. The number of amides is 1. The van der Waals surface area contributed by atoms with Crippen molar-refractivity contribution < 1.29 is 18.0 Å². The van der Waals surface area contributed by atoms with Gasteiger partial charge in [-0.2, -0.15) is 13.2 Å². The first-order valence-electron chi connectivity index (χ1n) is 10.4. The second-order valence-electron chi connectivity index (χ2n) is 7.71. The van der Waals surface area contributed by atoms with Crippen molar-refractivity contribution in [3.63, 3.8) is 0 Å². The molecule has 0 aliphatic carbocycles. The first kappa shape index (κ1) is 21.5. The van der Waals surface area contributed by atoms with E-state index in [9.17, 15) is 18.0 Å². The SMILES string of the molecule is O=C(NC(c1cnc2ccccc2c1)c1ncccc1C(F)(F)F)c1ccc2cccnc2c1. The minimum atomic E-state index is -4.65. The minimum absolute atomic E-state index is 0.273. The molecule has 0 bridgehead atoms. The van der Waals surface area contributed by atoms with E-state index in [0.717, 1.165) is 16.8 Å². The summed E-state index contributed by atoms with van der Waals surface area (Å²) >= 11 is 0. The fourth-order valence-electron chi connectivity index (χ4n) is 3.86. The lowest BCUT2D eigenvalue weighted by molar-refractivity contribution is -0.138. The predicted molar refractivity (Wildman–Crippen MR) is 122 cm³/mol. The molecule has 0 aliphatic rings. The number of fused-ring (bicyclic) bond motifs is 2. The van der Waals surface area contributed by atoms with E-state index in [0.29, 0.717) is 16.6 Å². The highest BCUT2D eigenvalue weighted by Gasteiger charge is 2.37. The molecule has 0 aliphatic heterocycles. The Labute approximate surface area is 192 Å². The molecule has 1 amide bonds. The summed E-state index contributed by atoms with van der Waals surface area (Å²) in [5.74, 6) is -0.551. The van der Waals surface area contributed by atoms with Gasteiger partial charge >= 0.3 is 6.18 Å². The molecule has 5 nitrogen and oxygen atoms in total. The number of carbonyl (C=O) groups is 1. The van der Waals surface area contributed by atoms with Gasteiger partial charge in [-0.05, 0) is 48.0 Å². The van der Waals surface area contributed by atoms with Crippen LogP contribution in [0.3, 0.4) is 0 Å². The number of hydrogen-bond acceptors (Lipinski definition) is 4. The molecule has 2 aromatic carbocycles. The molecule has 1 N–H and O–H groups in total. The van der Waals surface area contributed by atoms with Gasteiger partial charge in [-0.1, -0.05) is 30.3 Å². The van der Waals surface area contributed by atoms with Crippen LogP contribution in [0.5, 0.6) is 0 Å². The zero-order valence-corrected chi connectivity index (χ0v) is 17.6. The smallest absolute Gasteiger partial charge is 0.339 e. The fourth-order valence-corrected chi connectivity index (χ4v) is 3.86. The standard InChI is InChI=1S/C26H17F3N4O/c27-26(28,29)20-7-4-12-31-24(20)23(19-13-17-5-1-2-8-21(17)32-15-19)33-25(34)18-10-9-16-6-3-11-30-22(16)14-18/h1-15,23H,(H,33,34). The van der Waals surface area contributed by atoms with Crippen LogP contribution in [-0.2, 0) is 6.18 Å². The van der Waals surface area contributed by atoms with Crippen LogP contribution in [0, 0.1) is 0 Å². The van der Waals surface area contributed by atoms with E-state index in [4.69, 9.17) is 0 Å². The molecule has 0 saturated heterocycles. The maximum Gasteiger partial charge on any atom is 0.418 e. The lowest BCUT2D eigenvalue weighted by Gasteiger charge is -2.22. The number of nitrogens with zero attached hydrogens (tertiary/aromatic N) is 3. The van der Waals surface area contributed by atoms with Crippen LogP contribution in [0.2, 0.25) is 0 Å². The summed E-state index contributed by atoms with van der Waals surface area (Å²) in [6.45, 7) is 0. The lowest BCUT2D eigenvalue weighted by atomic mass is 9.98. The third-order valence-electron chi connectivity index (χ3n) is 5.51. The summed E-state index contributed by atoms with van der Waals surface area (Å²) in [5.41, 5.74) is 0.722. The van der Waals surface area contributed by atoms with E-state index in [1.54, 1.807) is 42.6 Å². The summed E-state index contributed by atoms with van der Waals surface area (Å²) in [7, 11) is 0. The van der Waals surface area contributed by atoms with Crippen molar-refractivity contribution in [3.05, 3.63) is 114 Å². The second-order valence-corrected chi connectivity index (χ2v) is 7.71. The molecular weight excluding hydrogens is 441 g/mol.